The number of nitrogens with zero attached hydrogens (tertiary/aromatic N) is 1. The van der Waals surface area contributed by atoms with Gasteiger partial charge >= 0.3 is 0 Å². The molecule has 5 heteroatoms. The van der Waals surface area contributed by atoms with Crippen LogP contribution in [0, 0.1) is 0 Å². The van der Waals surface area contributed by atoms with E-state index in [0.717, 1.165) is 12.8 Å². The number of hydrogen-bond donors (Lipinski definition) is 2. The molecule has 1 heterocycles. The van der Waals surface area contributed by atoms with Crippen molar-refractivity contribution >= 4 is 11.3 Å². The normalized spacial score (nSPS) is 23.7. The molecule has 0 aromatic heterocycles. The summed E-state index contributed by atoms with van der Waals surface area (Å²) in [5.41, 5.74) is 0.130. The number of hydrogen-bond acceptors (Lipinski definition) is 2. The Kier molecular flexibility index (Phi) is 4.06. The zero-order valence-electron chi connectivity index (χ0n) is 9.12. The maximum atomic E-state index is 10.8. The molecule has 2 N–H and O–H groups in total. The summed E-state index contributed by atoms with van der Waals surface area (Å²) in [6.07, 6.45) is 1.90. The Bertz CT molecular complexity index is 207. The first-order chi connectivity index (χ1) is 6.38. The molecule has 1 fully saturated rings. The molecule has 1 aliphatic rings. The monoisotopic (exact) mass is 220 g/mol. The van der Waals surface area contributed by atoms with Crippen LogP contribution in [-0.4, -0.2) is 37.7 Å². The van der Waals surface area contributed by atoms with Crippen LogP contribution in [0.25, 0.3) is 0 Å². The fraction of sp³-hybridized carbons (Fsp3) is 1.00. The highest BCUT2D eigenvalue weighted by Gasteiger charge is 2.24. The van der Waals surface area contributed by atoms with E-state index in [2.05, 4.69) is 26.1 Å². The zero-order chi connectivity index (χ0) is 10.8. The summed E-state index contributed by atoms with van der Waals surface area (Å²) >= 11 is -1.78. The van der Waals surface area contributed by atoms with Gasteiger partial charge in [0.15, 0.2) is 0 Å². The van der Waals surface area contributed by atoms with Crippen LogP contribution in [-0.2, 0) is 11.3 Å². The van der Waals surface area contributed by atoms with E-state index in [9.17, 15) is 4.21 Å². The summed E-state index contributed by atoms with van der Waals surface area (Å²) in [4.78, 5) is 0. The Hall–Kier alpha value is 0.0300. The first-order valence-corrected chi connectivity index (χ1v) is 6.08. The molecule has 14 heavy (non-hydrogen) atoms. The molecule has 84 valence electrons. The molecule has 1 saturated heterocycles. The van der Waals surface area contributed by atoms with Crippen molar-refractivity contribution < 1.29 is 8.76 Å². The van der Waals surface area contributed by atoms with Gasteiger partial charge in [0, 0.05) is 24.7 Å². The Morgan fingerprint density at radius 2 is 1.86 bits per heavy atom. The maximum Gasteiger partial charge on any atom is 0.234 e. The van der Waals surface area contributed by atoms with Crippen LogP contribution in [0.4, 0.5) is 0 Å². The second-order valence-corrected chi connectivity index (χ2v) is 5.81. The third-order valence-electron chi connectivity index (χ3n) is 2.31. The third kappa shape index (κ3) is 4.04. The zero-order valence-corrected chi connectivity index (χ0v) is 9.93. The van der Waals surface area contributed by atoms with Crippen molar-refractivity contribution in [2.75, 3.05) is 13.1 Å². The average Bonchev–Trinajstić information content (AvgIpc) is 2.02. The van der Waals surface area contributed by atoms with Gasteiger partial charge in [0.2, 0.25) is 11.3 Å². The molecule has 1 atom stereocenters. The molecule has 1 aliphatic heterocycles. The van der Waals surface area contributed by atoms with E-state index >= 15 is 0 Å². The standard InChI is InChI=1S/C9H20N2O2S/c1-9(2,3)10-8-4-6-11(7-5-8)14(12)13/h8,10H,4-7H2,1-3H3,(H,12,13). The Morgan fingerprint density at radius 3 is 2.21 bits per heavy atom. The summed E-state index contributed by atoms with van der Waals surface area (Å²) < 4.78 is 21.2. The van der Waals surface area contributed by atoms with E-state index in [4.69, 9.17) is 4.55 Å². The van der Waals surface area contributed by atoms with Crippen molar-refractivity contribution in [3.63, 3.8) is 0 Å². The van der Waals surface area contributed by atoms with Crippen LogP contribution < -0.4 is 5.32 Å². The number of nitrogens with one attached hydrogen (secondary N) is 1. The van der Waals surface area contributed by atoms with E-state index in [0.29, 0.717) is 19.1 Å². The van der Waals surface area contributed by atoms with Crippen LogP contribution in [0.5, 0.6) is 0 Å². The van der Waals surface area contributed by atoms with Gasteiger partial charge < -0.3 is 5.32 Å². The number of piperidine rings is 1. The largest absolute Gasteiger partial charge is 0.309 e. The molecule has 0 aliphatic carbocycles. The summed E-state index contributed by atoms with van der Waals surface area (Å²) in [5, 5.41) is 3.51. The molecule has 0 bridgehead atoms. The smallest absolute Gasteiger partial charge is 0.234 e. The highest BCUT2D eigenvalue weighted by atomic mass is 32.2. The lowest BCUT2D eigenvalue weighted by molar-refractivity contribution is 0.248. The van der Waals surface area contributed by atoms with E-state index in [1.807, 2.05) is 0 Å². The van der Waals surface area contributed by atoms with E-state index < -0.39 is 11.3 Å². The van der Waals surface area contributed by atoms with E-state index in [1.165, 1.54) is 0 Å². The van der Waals surface area contributed by atoms with Crippen molar-refractivity contribution in [1.82, 2.24) is 9.62 Å². The molecule has 1 rings (SSSR count). The predicted octanol–water partition coefficient (Wildman–Crippen LogP) is 0.976. The quantitative estimate of drug-likeness (QED) is 0.682. The SMILES string of the molecule is CC(C)(C)NC1CCN(S(=O)O)CC1. The lowest BCUT2D eigenvalue weighted by Crippen LogP contribution is -2.49. The van der Waals surface area contributed by atoms with Crippen molar-refractivity contribution in [2.45, 2.75) is 45.2 Å². The first kappa shape index (κ1) is 12.1. The minimum atomic E-state index is -1.78. The molecule has 0 aromatic rings. The van der Waals surface area contributed by atoms with Crippen molar-refractivity contribution in [1.29, 1.82) is 0 Å². The van der Waals surface area contributed by atoms with Crippen molar-refractivity contribution in [3.05, 3.63) is 0 Å². The molecule has 0 radical (unpaired) electrons. The highest BCUT2D eigenvalue weighted by Crippen LogP contribution is 2.14. The van der Waals surface area contributed by atoms with Gasteiger partial charge in [0.1, 0.15) is 0 Å². The summed E-state index contributed by atoms with van der Waals surface area (Å²) in [5.74, 6) is 0. The first-order valence-electron chi connectivity index (χ1n) is 5.02. The molecular weight excluding hydrogens is 200 g/mol. The average molecular weight is 220 g/mol. The van der Waals surface area contributed by atoms with Gasteiger partial charge in [0.25, 0.3) is 0 Å². The molecule has 0 spiro atoms. The van der Waals surface area contributed by atoms with Crippen LogP contribution in [0.1, 0.15) is 33.6 Å². The fourth-order valence-corrected chi connectivity index (χ4v) is 2.29. The second kappa shape index (κ2) is 4.70. The molecule has 1 unspecified atom stereocenters. The summed E-state index contributed by atoms with van der Waals surface area (Å²) in [6.45, 7) is 7.84. The Balaban J connectivity index is 2.33. The minimum absolute atomic E-state index is 0.130. The van der Waals surface area contributed by atoms with E-state index in [1.54, 1.807) is 4.31 Å². The fourth-order valence-electron chi connectivity index (χ4n) is 1.77. The van der Waals surface area contributed by atoms with Gasteiger partial charge in [-0.15, -0.1) is 0 Å². The van der Waals surface area contributed by atoms with Gasteiger partial charge in [-0.1, -0.05) is 0 Å². The number of rotatable bonds is 2. The summed E-state index contributed by atoms with van der Waals surface area (Å²) in [6, 6.07) is 0.481. The molecule has 0 amide bonds. The van der Waals surface area contributed by atoms with Crippen LogP contribution >= 0.6 is 0 Å². The lowest BCUT2D eigenvalue weighted by atomic mass is 10.0. The highest BCUT2D eigenvalue weighted by molar-refractivity contribution is 7.76. The van der Waals surface area contributed by atoms with E-state index in [-0.39, 0.29) is 5.54 Å². The summed E-state index contributed by atoms with van der Waals surface area (Å²) in [7, 11) is 0. The van der Waals surface area contributed by atoms with Crippen LogP contribution in [0.2, 0.25) is 0 Å². The van der Waals surface area contributed by atoms with Gasteiger partial charge in [-0.25, -0.2) is 8.51 Å². The second-order valence-electron chi connectivity index (χ2n) is 4.83. The Morgan fingerprint density at radius 1 is 1.36 bits per heavy atom. The van der Waals surface area contributed by atoms with Crippen LogP contribution in [0.3, 0.4) is 0 Å². The van der Waals surface area contributed by atoms with Gasteiger partial charge in [-0.3, -0.25) is 4.55 Å². The van der Waals surface area contributed by atoms with Crippen molar-refractivity contribution in [3.8, 4) is 0 Å². The predicted molar refractivity (Wildman–Crippen MR) is 58.3 cm³/mol. The molecule has 4 nitrogen and oxygen atoms in total. The lowest BCUT2D eigenvalue weighted by Gasteiger charge is -2.34. The molecular formula is C9H20N2O2S. The molecule has 0 saturated carbocycles. The van der Waals surface area contributed by atoms with Gasteiger partial charge in [-0.05, 0) is 33.6 Å². The topological polar surface area (TPSA) is 52.6 Å². The third-order valence-corrected chi connectivity index (χ3v) is 3.12. The van der Waals surface area contributed by atoms with Crippen LogP contribution in [0.15, 0.2) is 0 Å². The van der Waals surface area contributed by atoms with Gasteiger partial charge in [0.05, 0.1) is 0 Å². The minimum Gasteiger partial charge on any atom is -0.309 e. The molecule has 0 aromatic carbocycles. The van der Waals surface area contributed by atoms with Crippen molar-refractivity contribution in [2.24, 2.45) is 0 Å². The maximum absolute atomic E-state index is 10.8. The van der Waals surface area contributed by atoms with Gasteiger partial charge in [-0.2, -0.15) is 0 Å². The Labute approximate surface area is 88.5 Å².